The van der Waals surface area contributed by atoms with Gasteiger partial charge in [-0.2, -0.15) is 0 Å². The Morgan fingerprint density at radius 2 is 1.90 bits per heavy atom. The van der Waals surface area contributed by atoms with Crippen molar-refractivity contribution in [2.45, 2.75) is 26.4 Å². The van der Waals surface area contributed by atoms with Crippen LogP contribution >= 0.6 is 11.6 Å². The summed E-state index contributed by atoms with van der Waals surface area (Å²) in [4.78, 5) is 23.2. The van der Waals surface area contributed by atoms with Gasteiger partial charge in [0.05, 0.1) is 12.6 Å². The maximum atomic E-state index is 11.6. The molecule has 1 aromatic rings. The van der Waals surface area contributed by atoms with Gasteiger partial charge >= 0.3 is 0 Å². The highest BCUT2D eigenvalue weighted by Gasteiger charge is 2.17. The number of nitrogens with one attached hydrogen (secondary N) is 2. The molecule has 20 heavy (non-hydrogen) atoms. The van der Waals surface area contributed by atoms with Gasteiger partial charge in [-0.1, -0.05) is 43.6 Å². The summed E-state index contributed by atoms with van der Waals surface area (Å²) in [6, 6.07) is 6.65. The zero-order chi connectivity index (χ0) is 15.1. The first-order valence-corrected chi connectivity index (χ1v) is 6.83. The molecule has 0 heterocycles. The highest BCUT2D eigenvalue weighted by Crippen LogP contribution is 2.14. The van der Waals surface area contributed by atoms with Crippen LogP contribution in [0.15, 0.2) is 24.3 Å². The Balaban J connectivity index is 2.35. The van der Waals surface area contributed by atoms with Gasteiger partial charge in [0.1, 0.15) is 0 Å². The van der Waals surface area contributed by atoms with Crippen LogP contribution in [0.25, 0.3) is 0 Å². The largest absolute Gasteiger partial charge is 0.350 e. The first kappa shape index (κ1) is 16.5. The van der Waals surface area contributed by atoms with Crippen LogP contribution in [0.3, 0.4) is 0 Å². The van der Waals surface area contributed by atoms with Gasteiger partial charge in [-0.3, -0.25) is 9.59 Å². The summed E-state index contributed by atoms with van der Waals surface area (Å²) in [6.07, 6.45) is 0. The van der Waals surface area contributed by atoms with Crippen LogP contribution in [-0.2, 0) is 16.1 Å². The number of hydrogen-bond donors (Lipinski definition) is 3. The second-order valence-electron chi connectivity index (χ2n) is 4.86. The van der Waals surface area contributed by atoms with Crippen molar-refractivity contribution < 1.29 is 9.59 Å². The van der Waals surface area contributed by atoms with Crippen molar-refractivity contribution in [2.75, 3.05) is 6.54 Å². The summed E-state index contributed by atoms with van der Waals surface area (Å²) in [5.41, 5.74) is 6.50. The maximum Gasteiger partial charge on any atom is 0.239 e. The molecule has 110 valence electrons. The van der Waals surface area contributed by atoms with Gasteiger partial charge in [0.25, 0.3) is 0 Å². The average molecular weight is 298 g/mol. The van der Waals surface area contributed by atoms with Gasteiger partial charge in [0, 0.05) is 11.6 Å². The molecule has 0 aliphatic carbocycles. The van der Waals surface area contributed by atoms with E-state index in [2.05, 4.69) is 10.6 Å². The Hall–Kier alpha value is -1.59. The molecule has 6 heteroatoms. The SMILES string of the molecule is CC(C)[C@H](N)C(=O)NCC(=O)NCc1ccccc1Cl. The van der Waals surface area contributed by atoms with Gasteiger partial charge in [-0.15, -0.1) is 0 Å². The fourth-order valence-electron chi connectivity index (χ4n) is 1.49. The van der Waals surface area contributed by atoms with E-state index >= 15 is 0 Å². The van der Waals surface area contributed by atoms with Crippen molar-refractivity contribution in [1.29, 1.82) is 0 Å². The first-order valence-electron chi connectivity index (χ1n) is 6.45. The van der Waals surface area contributed by atoms with Crippen molar-refractivity contribution in [3.05, 3.63) is 34.9 Å². The van der Waals surface area contributed by atoms with E-state index in [0.29, 0.717) is 11.6 Å². The third-order valence-corrected chi connectivity index (χ3v) is 3.25. The lowest BCUT2D eigenvalue weighted by molar-refractivity contribution is -0.127. The molecule has 0 saturated heterocycles. The number of rotatable bonds is 6. The predicted octanol–water partition coefficient (Wildman–Crippen LogP) is 1.06. The first-order chi connectivity index (χ1) is 9.41. The zero-order valence-corrected chi connectivity index (χ0v) is 12.4. The van der Waals surface area contributed by atoms with Crippen molar-refractivity contribution in [1.82, 2.24) is 10.6 Å². The van der Waals surface area contributed by atoms with E-state index in [1.807, 2.05) is 32.0 Å². The number of nitrogens with two attached hydrogens (primary N) is 1. The van der Waals surface area contributed by atoms with E-state index in [9.17, 15) is 9.59 Å². The van der Waals surface area contributed by atoms with Crippen LogP contribution in [0.2, 0.25) is 5.02 Å². The minimum atomic E-state index is -0.605. The van der Waals surface area contributed by atoms with Gasteiger partial charge in [-0.05, 0) is 17.5 Å². The molecule has 0 unspecified atom stereocenters. The monoisotopic (exact) mass is 297 g/mol. The number of carbonyl (C=O) groups is 2. The number of halogens is 1. The van der Waals surface area contributed by atoms with Gasteiger partial charge in [0.2, 0.25) is 11.8 Å². The number of carbonyl (C=O) groups excluding carboxylic acids is 2. The maximum absolute atomic E-state index is 11.6. The molecule has 1 atom stereocenters. The van der Waals surface area contributed by atoms with Crippen molar-refractivity contribution in [2.24, 2.45) is 11.7 Å². The Labute approximate surface area is 123 Å². The van der Waals surface area contributed by atoms with Crippen molar-refractivity contribution in [3.8, 4) is 0 Å². The molecule has 0 fully saturated rings. The van der Waals surface area contributed by atoms with Crippen LogP contribution in [0.5, 0.6) is 0 Å². The van der Waals surface area contributed by atoms with Crippen molar-refractivity contribution in [3.63, 3.8) is 0 Å². The normalized spacial score (nSPS) is 12.1. The molecule has 1 aromatic carbocycles. The van der Waals surface area contributed by atoms with Gasteiger partial charge in [-0.25, -0.2) is 0 Å². The summed E-state index contributed by atoms with van der Waals surface area (Å²) in [5, 5.41) is 5.79. The minimum absolute atomic E-state index is 0.0289. The fourth-order valence-corrected chi connectivity index (χ4v) is 1.69. The molecule has 4 N–H and O–H groups in total. The van der Waals surface area contributed by atoms with Crippen LogP contribution in [0.4, 0.5) is 0 Å². The quantitative estimate of drug-likeness (QED) is 0.734. The Bertz CT molecular complexity index is 477. The number of hydrogen-bond acceptors (Lipinski definition) is 3. The van der Waals surface area contributed by atoms with E-state index in [1.54, 1.807) is 6.07 Å². The molecule has 0 radical (unpaired) electrons. The van der Waals surface area contributed by atoms with E-state index < -0.39 is 6.04 Å². The second kappa shape index (κ2) is 7.87. The third kappa shape index (κ3) is 5.19. The lowest BCUT2D eigenvalue weighted by atomic mass is 10.1. The van der Waals surface area contributed by atoms with E-state index in [-0.39, 0.29) is 24.3 Å². The number of amides is 2. The summed E-state index contributed by atoms with van der Waals surface area (Å²) in [5.74, 6) is -0.580. The summed E-state index contributed by atoms with van der Waals surface area (Å²) < 4.78 is 0. The molecule has 0 aromatic heterocycles. The molecular weight excluding hydrogens is 278 g/mol. The van der Waals surface area contributed by atoms with Crippen LogP contribution in [-0.4, -0.2) is 24.4 Å². The second-order valence-corrected chi connectivity index (χ2v) is 5.26. The third-order valence-electron chi connectivity index (χ3n) is 2.88. The summed E-state index contributed by atoms with van der Waals surface area (Å²) in [6.45, 7) is 3.93. The minimum Gasteiger partial charge on any atom is -0.350 e. The Kier molecular flexibility index (Phi) is 6.48. The van der Waals surface area contributed by atoms with Gasteiger partial charge in [0.15, 0.2) is 0 Å². The Morgan fingerprint density at radius 1 is 1.25 bits per heavy atom. The van der Waals surface area contributed by atoms with Gasteiger partial charge < -0.3 is 16.4 Å². The number of benzene rings is 1. The lowest BCUT2D eigenvalue weighted by Crippen LogP contribution is -2.47. The van der Waals surface area contributed by atoms with E-state index in [1.165, 1.54) is 0 Å². The Morgan fingerprint density at radius 3 is 2.50 bits per heavy atom. The highest BCUT2D eigenvalue weighted by atomic mass is 35.5. The summed E-state index contributed by atoms with van der Waals surface area (Å²) >= 11 is 5.97. The topological polar surface area (TPSA) is 84.2 Å². The standard InChI is InChI=1S/C14H20ClN3O2/c1-9(2)13(16)14(20)18-8-12(19)17-7-10-5-3-4-6-11(10)15/h3-6,9,13H,7-8,16H2,1-2H3,(H,17,19)(H,18,20)/t13-/m0/s1. The molecule has 5 nitrogen and oxygen atoms in total. The molecule has 2 amide bonds. The molecule has 0 aliphatic heterocycles. The van der Waals surface area contributed by atoms with Crippen LogP contribution < -0.4 is 16.4 Å². The molecule has 0 saturated carbocycles. The fraction of sp³-hybridized carbons (Fsp3) is 0.429. The lowest BCUT2D eigenvalue weighted by Gasteiger charge is -2.15. The molecule has 0 aliphatic rings. The van der Waals surface area contributed by atoms with E-state index in [4.69, 9.17) is 17.3 Å². The zero-order valence-electron chi connectivity index (χ0n) is 11.7. The van der Waals surface area contributed by atoms with Crippen LogP contribution in [0.1, 0.15) is 19.4 Å². The molecule has 0 spiro atoms. The highest BCUT2D eigenvalue weighted by molar-refractivity contribution is 6.31. The molecular formula is C14H20ClN3O2. The molecule has 0 bridgehead atoms. The summed E-state index contributed by atoms with van der Waals surface area (Å²) in [7, 11) is 0. The van der Waals surface area contributed by atoms with E-state index in [0.717, 1.165) is 5.56 Å². The van der Waals surface area contributed by atoms with Crippen LogP contribution in [0, 0.1) is 5.92 Å². The average Bonchev–Trinajstić information content (AvgIpc) is 2.42. The van der Waals surface area contributed by atoms with Crippen molar-refractivity contribution >= 4 is 23.4 Å². The predicted molar refractivity (Wildman–Crippen MR) is 79.1 cm³/mol. The smallest absolute Gasteiger partial charge is 0.239 e. The molecule has 1 rings (SSSR count).